The third-order valence-corrected chi connectivity index (χ3v) is 3.98. The van der Waals surface area contributed by atoms with Crippen molar-refractivity contribution in [3.8, 4) is 11.3 Å². The first kappa shape index (κ1) is 16.8. The van der Waals surface area contributed by atoms with Crippen LogP contribution in [0.4, 0.5) is 11.6 Å². The maximum absolute atomic E-state index is 12.2. The Morgan fingerprint density at radius 2 is 1.96 bits per heavy atom. The average molecular weight is 402 g/mol. The molecule has 8 heteroatoms. The molecule has 1 aromatic heterocycles. The van der Waals surface area contributed by atoms with Gasteiger partial charge in [0.1, 0.15) is 5.69 Å². The Morgan fingerprint density at radius 1 is 1.20 bits per heavy atom. The van der Waals surface area contributed by atoms with Gasteiger partial charge in [0.15, 0.2) is 5.78 Å². The second-order valence-electron chi connectivity index (χ2n) is 5.17. The zero-order chi connectivity index (χ0) is 17.8. The highest BCUT2D eigenvalue weighted by Crippen LogP contribution is 2.23. The summed E-state index contributed by atoms with van der Waals surface area (Å²) >= 11 is 3.36. The van der Waals surface area contributed by atoms with Crippen molar-refractivity contribution >= 4 is 33.3 Å². The van der Waals surface area contributed by atoms with E-state index in [4.69, 9.17) is 4.52 Å². The summed E-state index contributed by atoms with van der Waals surface area (Å²) in [5.41, 5.74) is 1.65. The lowest BCUT2D eigenvalue weighted by Crippen LogP contribution is -2.13. The lowest BCUT2D eigenvalue weighted by molar-refractivity contribution is -0.384. The van der Waals surface area contributed by atoms with Crippen LogP contribution in [0.1, 0.15) is 10.4 Å². The Kier molecular flexibility index (Phi) is 4.90. The zero-order valence-electron chi connectivity index (χ0n) is 12.8. The normalized spacial score (nSPS) is 10.4. The van der Waals surface area contributed by atoms with Gasteiger partial charge in [-0.2, -0.15) is 0 Å². The summed E-state index contributed by atoms with van der Waals surface area (Å²) in [4.78, 5) is 22.4. The first-order valence-electron chi connectivity index (χ1n) is 7.27. The average Bonchev–Trinajstić information content (AvgIpc) is 3.09. The number of halogens is 1. The number of benzene rings is 2. The van der Waals surface area contributed by atoms with E-state index < -0.39 is 4.92 Å². The van der Waals surface area contributed by atoms with E-state index in [-0.39, 0.29) is 23.6 Å². The molecule has 0 saturated heterocycles. The van der Waals surface area contributed by atoms with Crippen molar-refractivity contribution < 1.29 is 14.2 Å². The first-order chi connectivity index (χ1) is 12.0. The second-order valence-corrected chi connectivity index (χ2v) is 6.08. The van der Waals surface area contributed by atoms with Crippen molar-refractivity contribution in [3.63, 3.8) is 0 Å². The number of anilines is 1. The SMILES string of the molecule is O=C(CNc1cc(-c2ccc(Br)cc2)no1)c1cccc([N+](=O)[O-])c1. The summed E-state index contributed by atoms with van der Waals surface area (Å²) in [5.74, 6) is 0.0574. The summed E-state index contributed by atoms with van der Waals surface area (Å²) in [6.45, 7) is -0.0594. The van der Waals surface area contributed by atoms with Crippen LogP contribution in [0.5, 0.6) is 0 Å². The molecule has 1 N–H and O–H groups in total. The number of hydrogen-bond acceptors (Lipinski definition) is 6. The van der Waals surface area contributed by atoms with E-state index >= 15 is 0 Å². The molecule has 25 heavy (non-hydrogen) atoms. The van der Waals surface area contributed by atoms with E-state index in [0.29, 0.717) is 11.6 Å². The fourth-order valence-electron chi connectivity index (χ4n) is 2.18. The molecule has 126 valence electrons. The van der Waals surface area contributed by atoms with Crippen LogP contribution >= 0.6 is 15.9 Å². The van der Waals surface area contributed by atoms with Gasteiger partial charge in [-0.3, -0.25) is 14.9 Å². The van der Waals surface area contributed by atoms with Gasteiger partial charge < -0.3 is 9.84 Å². The van der Waals surface area contributed by atoms with Crippen LogP contribution in [-0.2, 0) is 0 Å². The number of hydrogen-bond donors (Lipinski definition) is 1. The van der Waals surface area contributed by atoms with Gasteiger partial charge in [-0.15, -0.1) is 0 Å². The summed E-state index contributed by atoms with van der Waals surface area (Å²) in [5, 5.41) is 17.6. The molecule has 3 rings (SSSR count). The molecule has 0 amide bonds. The van der Waals surface area contributed by atoms with Crippen LogP contribution in [0.3, 0.4) is 0 Å². The molecule has 0 spiro atoms. The number of aromatic nitrogens is 1. The molecule has 0 aliphatic rings. The molecule has 0 radical (unpaired) electrons. The predicted octanol–water partition coefficient (Wildman–Crippen LogP) is 4.31. The Hall–Kier alpha value is -3.00. The molecular weight excluding hydrogens is 390 g/mol. The highest BCUT2D eigenvalue weighted by molar-refractivity contribution is 9.10. The topological polar surface area (TPSA) is 98.3 Å². The van der Waals surface area contributed by atoms with Crippen molar-refractivity contribution in [2.75, 3.05) is 11.9 Å². The summed E-state index contributed by atoms with van der Waals surface area (Å²) in [7, 11) is 0. The van der Waals surface area contributed by atoms with Crippen molar-refractivity contribution in [1.82, 2.24) is 5.16 Å². The molecule has 0 aliphatic heterocycles. The predicted molar refractivity (Wildman–Crippen MR) is 95.6 cm³/mol. The molecule has 0 fully saturated rings. The molecule has 0 atom stereocenters. The van der Waals surface area contributed by atoms with Crippen molar-refractivity contribution in [2.45, 2.75) is 0 Å². The number of rotatable bonds is 6. The summed E-state index contributed by atoms with van der Waals surface area (Å²) < 4.78 is 6.12. The van der Waals surface area contributed by atoms with Crippen molar-refractivity contribution in [3.05, 3.63) is 74.7 Å². The Morgan fingerprint density at radius 3 is 2.68 bits per heavy atom. The van der Waals surface area contributed by atoms with E-state index in [0.717, 1.165) is 10.0 Å². The number of non-ortho nitro benzene ring substituents is 1. The number of nitrogens with zero attached hydrogens (tertiary/aromatic N) is 2. The highest BCUT2D eigenvalue weighted by atomic mass is 79.9. The zero-order valence-corrected chi connectivity index (χ0v) is 14.4. The molecule has 0 bridgehead atoms. The van der Waals surface area contributed by atoms with Crippen LogP contribution in [0.15, 0.2) is 63.6 Å². The monoisotopic (exact) mass is 401 g/mol. The number of nitro groups is 1. The number of carbonyl (C=O) groups excluding carboxylic acids is 1. The molecule has 3 aromatic rings. The van der Waals surface area contributed by atoms with Gasteiger partial charge in [-0.05, 0) is 12.1 Å². The smallest absolute Gasteiger partial charge is 0.270 e. The van der Waals surface area contributed by atoms with E-state index in [2.05, 4.69) is 26.4 Å². The van der Waals surface area contributed by atoms with Gasteiger partial charge in [0, 0.05) is 33.8 Å². The Balaban J connectivity index is 1.66. The molecule has 0 aliphatic carbocycles. The minimum absolute atomic E-state index is 0.0594. The van der Waals surface area contributed by atoms with Gasteiger partial charge >= 0.3 is 0 Å². The molecule has 0 saturated carbocycles. The maximum atomic E-state index is 12.2. The number of Topliss-reactive ketones (excluding diaryl/α,β-unsaturated/α-hetero) is 1. The largest absolute Gasteiger partial charge is 0.347 e. The second kappa shape index (κ2) is 7.27. The van der Waals surface area contributed by atoms with Crippen LogP contribution in [-0.4, -0.2) is 22.4 Å². The minimum Gasteiger partial charge on any atom is -0.347 e. The van der Waals surface area contributed by atoms with Crippen molar-refractivity contribution in [2.24, 2.45) is 0 Å². The highest BCUT2D eigenvalue weighted by Gasteiger charge is 2.13. The standard InChI is InChI=1S/C17H12BrN3O4/c18-13-6-4-11(5-7-13)15-9-17(25-20-15)19-10-16(22)12-2-1-3-14(8-12)21(23)24/h1-9,19H,10H2. The van der Waals surface area contributed by atoms with Crippen LogP contribution < -0.4 is 5.32 Å². The van der Waals surface area contributed by atoms with E-state index in [9.17, 15) is 14.9 Å². The number of nitrogens with one attached hydrogen (secondary N) is 1. The van der Waals surface area contributed by atoms with Crippen LogP contribution in [0.2, 0.25) is 0 Å². The van der Waals surface area contributed by atoms with E-state index in [1.165, 1.54) is 24.3 Å². The number of carbonyl (C=O) groups is 1. The lowest BCUT2D eigenvalue weighted by Gasteiger charge is -2.01. The number of ketones is 1. The lowest BCUT2D eigenvalue weighted by atomic mass is 10.1. The third kappa shape index (κ3) is 4.10. The maximum Gasteiger partial charge on any atom is 0.270 e. The van der Waals surface area contributed by atoms with Gasteiger partial charge in [0.2, 0.25) is 5.88 Å². The first-order valence-corrected chi connectivity index (χ1v) is 8.06. The summed E-state index contributed by atoms with van der Waals surface area (Å²) in [6.07, 6.45) is 0. The molecule has 7 nitrogen and oxygen atoms in total. The van der Waals surface area contributed by atoms with Crippen LogP contribution in [0, 0.1) is 10.1 Å². The van der Waals surface area contributed by atoms with Gasteiger partial charge in [-0.25, -0.2) is 0 Å². The van der Waals surface area contributed by atoms with E-state index in [1.54, 1.807) is 6.07 Å². The molecule has 2 aromatic carbocycles. The van der Waals surface area contributed by atoms with E-state index in [1.807, 2.05) is 24.3 Å². The van der Waals surface area contributed by atoms with Gasteiger partial charge in [0.25, 0.3) is 5.69 Å². The molecule has 1 heterocycles. The Bertz CT molecular complexity index is 922. The van der Waals surface area contributed by atoms with Crippen molar-refractivity contribution in [1.29, 1.82) is 0 Å². The quantitative estimate of drug-likeness (QED) is 0.375. The molecular formula is C17H12BrN3O4. The molecule has 0 unspecified atom stereocenters. The fourth-order valence-corrected chi connectivity index (χ4v) is 2.44. The van der Waals surface area contributed by atoms with Gasteiger partial charge in [-0.1, -0.05) is 45.4 Å². The van der Waals surface area contributed by atoms with Gasteiger partial charge in [0.05, 0.1) is 11.5 Å². The third-order valence-electron chi connectivity index (χ3n) is 3.45. The minimum atomic E-state index is -0.537. The number of nitro benzene ring substituents is 1. The van der Waals surface area contributed by atoms with Crippen LogP contribution in [0.25, 0.3) is 11.3 Å². The summed E-state index contributed by atoms with van der Waals surface area (Å²) in [6, 6.07) is 14.8. The Labute approximate surface area is 150 Å². The fraction of sp³-hybridized carbons (Fsp3) is 0.0588.